The number of amides is 1. The van der Waals surface area contributed by atoms with Gasteiger partial charge in [0, 0.05) is 11.9 Å². The zero-order chi connectivity index (χ0) is 12.5. The van der Waals surface area contributed by atoms with Gasteiger partial charge in [0.15, 0.2) is 0 Å². The lowest BCUT2D eigenvalue weighted by Gasteiger charge is -2.40. The van der Waals surface area contributed by atoms with Gasteiger partial charge in [0.2, 0.25) is 0 Å². The molecule has 1 saturated carbocycles. The smallest absolute Gasteiger partial charge is 0.324 e. The van der Waals surface area contributed by atoms with Crippen molar-refractivity contribution < 1.29 is 9.72 Å². The van der Waals surface area contributed by atoms with Crippen molar-refractivity contribution in [3.8, 4) is 0 Å². The van der Waals surface area contributed by atoms with E-state index in [1.54, 1.807) is 0 Å². The molecule has 1 N–H and O–H groups in total. The molecule has 1 amide bonds. The fraction of sp³-hybridized carbons (Fsp3) is 0.500. The lowest BCUT2D eigenvalue weighted by atomic mass is 9.78. The maximum Gasteiger partial charge on any atom is 0.324 e. The van der Waals surface area contributed by atoms with Crippen molar-refractivity contribution in [3.63, 3.8) is 0 Å². The van der Waals surface area contributed by atoms with Crippen LogP contribution in [0, 0.1) is 10.1 Å². The first kappa shape index (κ1) is 12.3. The predicted molar refractivity (Wildman–Crippen MR) is 65.7 cm³/mol. The third-order valence-corrected chi connectivity index (χ3v) is 4.49. The fourth-order valence-electron chi connectivity index (χ4n) is 1.75. The molecule has 92 valence electrons. The maximum absolute atomic E-state index is 11.9. The van der Waals surface area contributed by atoms with Crippen molar-refractivity contribution in [1.29, 1.82) is 0 Å². The minimum absolute atomic E-state index is 0.0244. The number of nitrogens with zero attached hydrogens (tertiary/aromatic N) is 1. The van der Waals surface area contributed by atoms with Crippen LogP contribution in [0.1, 0.15) is 28.9 Å². The topological polar surface area (TPSA) is 72.2 Å². The summed E-state index contributed by atoms with van der Waals surface area (Å²) in [5, 5.41) is 13.3. The number of alkyl halides is 1. The van der Waals surface area contributed by atoms with E-state index in [9.17, 15) is 14.9 Å². The molecule has 0 atom stereocenters. The van der Waals surface area contributed by atoms with Crippen LogP contribution in [0.25, 0.3) is 0 Å². The summed E-state index contributed by atoms with van der Waals surface area (Å²) in [4.78, 5) is 22.2. The molecular weight excluding hydrogens is 264 g/mol. The van der Waals surface area contributed by atoms with Gasteiger partial charge in [0.1, 0.15) is 0 Å². The zero-order valence-electron chi connectivity index (χ0n) is 8.94. The van der Waals surface area contributed by atoms with Crippen LogP contribution in [0.5, 0.6) is 0 Å². The molecule has 1 aromatic rings. The third-order valence-electron chi connectivity index (χ3n) is 2.94. The van der Waals surface area contributed by atoms with Gasteiger partial charge in [-0.3, -0.25) is 14.9 Å². The maximum atomic E-state index is 11.9. The molecule has 0 spiro atoms. The quantitative estimate of drug-likeness (QED) is 0.521. The summed E-state index contributed by atoms with van der Waals surface area (Å²) in [6.45, 7) is 0. The van der Waals surface area contributed by atoms with Gasteiger partial charge < -0.3 is 5.32 Å². The molecule has 17 heavy (non-hydrogen) atoms. The molecule has 0 aromatic carbocycles. The summed E-state index contributed by atoms with van der Waals surface area (Å²) in [6.07, 6.45) is 2.79. The Kier molecular flexibility index (Phi) is 3.35. The lowest BCUT2D eigenvalue weighted by molar-refractivity contribution is -0.380. The molecule has 0 unspecified atom stereocenters. The largest absolute Gasteiger partial charge is 0.345 e. The molecule has 7 heteroatoms. The van der Waals surface area contributed by atoms with Crippen LogP contribution in [0.3, 0.4) is 0 Å². The van der Waals surface area contributed by atoms with Gasteiger partial charge in [-0.25, -0.2) is 0 Å². The number of carbonyl (C=O) groups excluding carboxylic acids is 1. The zero-order valence-corrected chi connectivity index (χ0v) is 10.5. The number of halogens is 1. The summed E-state index contributed by atoms with van der Waals surface area (Å²) in [6, 6.07) is 2.81. The summed E-state index contributed by atoms with van der Waals surface area (Å²) < 4.78 is 0. The Morgan fingerprint density at radius 3 is 2.71 bits per heavy atom. The van der Waals surface area contributed by atoms with Crippen molar-refractivity contribution in [2.45, 2.75) is 24.8 Å². The van der Waals surface area contributed by atoms with Gasteiger partial charge in [-0.05, 0) is 25.3 Å². The Balaban J connectivity index is 2.06. The van der Waals surface area contributed by atoms with E-state index < -0.39 is 4.92 Å². The highest BCUT2D eigenvalue weighted by atomic mass is 35.5. The molecule has 0 radical (unpaired) electrons. The van der Waals surface area contributed by atoms with Crippen LogP contribution in [-0.4, -0.2) is 22.2 Å². The number of carbonyl (C=O) groups is 1. The van der Waals surface area contributed by atoms with E-state index in [-0.39, 0.29) is 16.4 Å². The van der Waals surface area contributed by atoms with E-state index >= 15 is 0 Å². The Morgan fingerprint density at radius 2 is 2.29 bits per heavy atom. The van der Waals surface area contributed by atoms with E-state index in [1.165, 1.54) is 12.1 Å². The number of hydrogen-bond donors (Lipinski definition) is 1. The average Bonchev–Trinajstić information content (AvgIpc) is 2.72. The van der Waals surface area contributed by atoms with Crippen LogP contribution < -0.4 is 5.32 Å². The molecule has 1 fully saturated rings. The molecular formula is C10H11ClN2O3S. The van der Waals surface area contributed by atoms with Crippen LogP contribution >= 0.6 is 22.9 Å². The normalized spacial score (nSPS) is 17.2. The standard InChI is InChI=1S/C10H11ClN2O3S/c11-6-10(4-1-5-10)12-9(14)7-2-3-8(17-7)13(15)16/h2-3H,1,4-6H2,(H,12,14). The van der Waals surface area contributed by atoms with Gasteiger partial charge in [0.25, 0.3) is 5.91 Å². The van der Waals surface area contributed by atoms with Crippen LogP contribution in [0.2, 0.25) is 0 Å². The summed E-state index contributed by atoms with van der Waals surface area (Å²) >= 11 is 6.71. The highest BCUT2D eigenvalue weighted by Gasteiger charge is 2.38. The van der Waals surface area contributed by atoms with Crippen LogP contribution in [0.15, 0.2) is 12.1 Å². The van der Waals surface area contributed by atoms with E-state index in [2.05, 4.69) is 5.32 Å². The number of nitro groups is 1. The molecule has 0 bridgehead atoms. The van der Waals surface area contributed by atoms with Crippen molar-refractivity contribution in [3.05, 3.63) is 27.1 Å². The molecule has 1 heterocycles. The number of rotatable bonds is 4. The minimum atomic E-state index is -0.498. The first-order chi connectivity index (χ1) is 8.06. The molecule has 0 saturated heterocycles. The Labute approximate surface area is 107 Å². The Hall–Kier alpha value is -1.14. The molecule has 2 rings (SSSR count). The van der Waals surface area contributed by atoms with Crippen molar-refractivity contribution in [2.75, 3.05) is 5.88 Å². The second kappa shape index (κ2) is 4.62. The first-order valence-corrected chi connectivity index (χ1v) is 6.54. The molecule has 1 aliphatic rings. The molecule has 1 aromatic heterocycles. The number of nitrogens with one attached hydrogen (secondary N) is 1. The highest BCUT2D eigenvalue weighted by Crippen LogP contribution is 2.34. The predicted octanol–water partition coefficient (Wildman–Crippen LogP) is 2.55. The van der Waals surface area contributed by atoms with Crippen LogP contribution in [0.4, 0.5) is 5.00 Å². The van der Waals surface area contributed by atoms with E-state index in [1.807, 2.05) is 0 Å². The highest BCUT2D eigenvalue weighted by molar-refractivity contribution is 7.17. The van der Waals surface area contributed by atoms with E-state index in [4.69, 9.17) is 11.6 Å². The van der Waals surface area contributed by atoms with E-state index in [0.29, 0.717) is 10.8 Å². The summed E-state index contributed by atoms with van der Waals surface area (Å²) in [5.74, 6) is 0.107. The van der Waals surface area contributed by atoms with Crippen molar-refractivity contribution in [2.24, 2.45) is 0 Å². The third kappa shape index (κ3) is 2.42. The summed E-state index contributed by atoms with van der Waals surface area (Å²) in [5.41, 5.74) is -0.308. The van der Waals surface area contributed by atoms with Gasteiger partial charge in [-0.2, -0.15) is 0 Å². The molecule has 5 nitrogen and oxygen atoms in total. The van der Waals surface area contributed by atoms with Gasteiger partial charge >= 0.3 is 5.00 Å². The molecule has 1 aliphatic carbocycles. The van der Waals surface area contributed by atoms with Crippen molar-refractivity contribution in [1.82, 2.24) is 5.32 Å². The first-order valence-electron chi connectivity index (χ1n) is 5.19. The summed E-state index contributed by atoms with van der Waals surface area (Å²) in [7, 11) is 0. The Morgan fingerprint density at radius 1 is 1.59 bits per heavy atom. The van der Waals surface area contributed by atoms with Crippen LogP contribution in [-0.2, 0) is 0 Å². The minimum Gasteiger partial charge on any atom is -0.345 e. The fourth-order valence-corrected chi connectivity index (χ4v) is 2.80. The lowest BCUT2D eigenvalue weighted by Crippen LogP contribution is -2.54. The van der Waals surface area contributed by atoms with Gasteiger partial charge in [-0.15, -0.1) is 11.6 Å². The van der Waals surface area contributed by atoms with E-state index in [0.717, 1.165) is 30.6 Å². The number of hydrogen-bond acceptors (Lipinski definition) is 4. The van der Waals surface area contributed by atoms with Gasteiger partial charge in [0.05, 0.1) is 15.3 Å². The second-order valence-corrected chi connectivity index (χ2v) is 5.45. The number of thiophene rings is 1. The van der Waals surface area contributed by atoms with Crippen molar-refractivity contribution >= 4 is 33.8 Å². The average molecular weight is 275 g/mol. The SMILES string of the molecule is O=C(NC1(CCl)CCC1)c1ccc([N+](=O)[O-])s1. The Bertz CT molecular complexity index is 451. The van der Waals surface area contributed by atoms with Gasteiger partial charge in [-0.1, -0.05) is 11.3 Å². The molecule has 0 aliphatic heterocycles. The second-order valence-electron chi connectivity index (χ2n) is 4.12. The monoisotopic (exact) mass is 274 g/mol.